The van der Waals surface area contributed by atoms with E-state index >= 15 is 0 Å². The van der Waals surface area contributed by atoms with Crippen LogP contribution >= 0.6 is 0 Å². The molecule has 1 aromatic heterocycles. The van der Waals surface area contributed by atoms with E-state index in [4.69, 9.17) is 14.3 Å². The second-order valence-corrected chi connectivity index (χ2v) is 7.84. The minimum Gasteiger partial charge on any atom is -0.497 e. The van der Waals surface area contributed by atoms with Gasteiger partial charge in [0, 0.05) is 11.7 Å². The number of carbonyl (C=O) groups is 2. The number of carbonyl (C=O) groups excluding carboxylic acids is 2. The van der Waals surface area contributed by atoms with Gasteiger partial charge in [0.05, 0.1) is 18.9 Å². The first-order valence-electron chi connectivity index (χ1n) is 10.8. The SMILES string of the molecule is COc1ccc(/C=N/OCC(=O)OCC(=O)Nc2c(C#N)c(C)c(C)n2C2CCCC2)cc1. The lowest BCUT2D eigenvalue weighted by molar-refractivity contribution is -0.151. The molecule has 0 bridgehead atoms. The molecular weight excluding hydrogens is 424 g/mol. The molecule has 2 aromatic rings. The monoisotopic (exact) mass is 452 g/mol. The molecule has 174 valence electrons. The number of benzene rings is 1. The van der Waals surface area contributed by atoms with Crippen molar-refractivity contribution < 1.29 is 23.9 Å². The summed E-state index contributed by atoms with van der Waals surface area (Å²) in [5.74, 6) is -0.0483. The van der Waals surface area contributed by atoms with Crippen LogP contribution in [0.25, 0.3) is 0 Å². The van der Waals surface area contributed by atoms with Crippen molar-refractivity contribution in [2.45, 2.75) is 45.6 Å². The van der Waals surface area contributed by atoms with Crippen LogP contribution in [0.2, 0.25) is 0 Å². The van der Waals surface area contributed by atoms with Crippen LogP contribution in [0.15, 0.2) is 29.4 Å². The van der Waals surface area contributed by atoms with Crippen LogP contribution in [0.4, 0.5) is 5.82 Å². The van der Waals surface area contributed by atoms with E-state index in [0.717, 1.165) is 48.3 Å². The first-order valence-corrected chi connectivity index (χ1v) is 10.8. The molecule has 1 aliphatic carbocycles. The molecule has 1 aliphatic rings. The molecule has 33 heavy (non-hydrogen) atoms. The second-order valence-electron chi connectivity index (χ2n) is 7.84. The summed E-state index contributed by atoms with van der Waals surface area (Å²) in [5, 5.41) is 16.1. The number of nitrogens with zero attached hydrogens (tertiary/aromatic N) is 3. The Morgan fingerprint density at radius 1 is 1.21 bits per heavy atom. The minimum absolute atomic E-state index is 0.251. The summed E-state index contributed by atoms with van der Waals surface area (Å²) in [6.45, 7) is 2.91. The minimum atomic E-state index is -0.726. The van der Waals surface area contributed by atoms with Crippen LogP contribution in [0.3, 0.4) is 0 Å². The van der Waals surface area contributed by atoms with Gasteiger partial charge in [0.1, 0.15) is 17.6 Å². The van der Waals surface area contributed by atoms with Crippen molar-refractivity contribution in [1.82, 2.24) is 4.57 Å². The first-order chi connectivity index (χ1) is 15.9. The number of hydrogen-bond acceptors (Lipinski definition) is 7. The molecule has 1 N–H and O–H groups in total. The van der Waals surface area contributed by atoms with Crippen molar-refractivity contribution >= 4 is 23.9 Å². The molecule has 0 aliphatic heterocycles. The summed E-state index contributed by atoms with van der Waals surface area (Å²) in [4.78, 5) is 29.3. The molecule has 1 heterocycles. The van der Waals surface area contributed by atoms with Gasteiger partial charge in [-0.05, 0) is 62.1 Å². The molecule has 1 amide bonds. The summed E-state index contributed by atoms with van der Waals surface area (Å²) in [7, 11) is 1.58. The van der Waals surface area contributed by atoms with E-state index in [1.165, 1.54) is 6.21 Å². The quantitative estimate of drug-likeness (QED) is 0.353. The maximum absolute atomic E-state index is 12.4. The van der Waals surface area contributed by atoms with Crippen molar-refractivity contribution in [3.8, 4) is 11.8 Å². The Bertz CT molecular complexity index is 1060. The highest BCUT2D eigenvalue weighted by Crippen LogP contribution is 2.37. The highest BCUT2D eigenvalue weighted by molar-refractivity contribution is 5.93. The summed E-state index contributed by atoms with van der Waals surface area (Å²) in [6, 6.07) is 9.56. The molecule has 0 radical (unpaired) electrons. The third-order valence-corrected chi connectivity index (χ3v) is 5.75. The van der Waals surface area contributed by atoms with Crippen LogP contribution in [0.1, 0.15) is 54.1 Å². The molecule has 0 unspecified atom stereocenters. The Morgan fingerprint density at radius 3 is 2.55 bits per heavy atom. The van der Waals surface area contributed by atoms with E-state index in [1.807, 2.05) is 18.4 Å². The van der Waals surface area contributed by atoms with E-state index < -0.39 is 25.1 Å². The Kier molecular flexibility index (Phi) is 8.08. The van der Waals surface area contributed by atoms with Crippen molar-refractivity contribution in [2.75, 3.05) is 25.6 Å². The first kappa shape index (κ1) is 23.9. The van der Waals surface area contributed by atoms with Crippen molar-refractivity contribution in [3.05, 3.63) is 46.6 Å². The molecule has 3 rings (SSSR count). The zero-order chi connectivity index (χ0) is 23.8. The number of methoxy groups -OCH3 is 1. The van der Waals surface area contributed by atoms with Gasteiger partial charge in [-0.2, -0.15) is 5.26 Å². The standard InChI is InChI=1S/C24H28N4O5/c1-16-17(2)28(19-6-4-5-7-19)24(21(16)12-25)27-22(29)14-32-23(30)15-33-26-13-18-8-10-20(31-3)11-9-18/h8-11,13,19H,4-7,14-15H2,1-3H3,(H,27,29)/b26-13+. The number of ether oxygens (including phenoxy) is 2. The fraction of sp³-hybridized carbons (Fsp3) is 0.417. The second kappa shape index (κ2) is 11.2. The zero-order valence-corrected chi connectivity index (χ0v) is 19.1. The number of oxime groups is 1. The third-order valence-electron chi connectivity index (χ3n) is 5.75. The smallest absolute Gasteiger partial charge is 0.347 e. The number of esters is 1. The Labute approximate surface area is 192 Å². The van der Waals surface area contributed by atoms with Gasteiger partial charge in [-0.25, -0.2) is 4.79 Å². The molecule has 9 nitrogen and oxygen atoms in total. The fourth-order valence-corrected chi connectivity index (χ4v) is 3.94. The summed E-state index contributed by atoms with van der Waals surface area (Å²) < 4.78 is 12.1. The molecule has 9 heteroatoms. The number of rotatable bonds is 9. The normalized spacial score (nSPS) is 13.6. The Morgan fingerprint density at radius 2 is 1.91 bits per heavy atom. The predicted octanol–water partition coefficient (Wildman–Crippen LogP) is 3.63. The maximum atomic E-state index is 12.4. The Balaban J connectivity index is 1.51. The van der Waals surface area contributed by atoms with Gasteiger partial charge in [0.25, 0.3) is 5.91 Å². The van der Waals surface area contributed by atoms with Gasteiger partial charge in [-0.15, -0.1) is 0 Å². The van der Waals surface area contributed by atoms with Crippen molar-refractivity contribution in [1.29, 1.82) is 5.26 Å². The molecular formula is C24H28N4O5. The number of anilines is 1. The van der Waals surface area contributed by atoms with E-state index in [1.54, 1.807) is 31.4 Å². The molecule has 0 saturated heterocycles. The van der Waals surface area contributed by atoms with Gasteiger partial charge in [0.15, 0.2) is 6.61 Å². The van der Waals surface area contributed by atoms with Crippen LogP contribution in [-0.4, -0.2) is 43.0 Å². The number of nitrogens with one attached hydrogen (secondary N) is 1. The Hall–Kier alpha value is -3.80. The van der Waals surface area contributed by atoms with Crippen LogP contribution in [-0.2, 0) is 19.2 Å². The summed E-state index contributed by atoms with van der Waals surface area (Å²) in [5.41, 5.74) is 3.02. The molecule has 1 saturated carbocycles. The highest BCUT2D eigenvalue weighted by atomic mass is 16.7. The molecule has 1 aromatic carbocycles. The lowest BCUT2D eigenvalue weighted by atomic mass is 10.2. The lowest BCUT2D eigenvalue weighted by Crippen LogP contribution is -2.24. The van der Waals surface area contributed by atoms with E-state index in [0.29, 0.717) is 11.4 Å². The third kappa shape index (κ3) is 5.92. The largest absolute Gasteiger partial charge is 0.497 e. The average molecular weight is 453 g/mol. The van der Waals surface area contributed by atoms with Crippen LogP contribution in [0, 0.1) is 25.2 Å². The van der Waals surface area contributed by atoms with Crippen LogP contribution < -0.4 is 10.1 Å². The zero-order valence-electron chi connectivity index (χ0n) is 19.1. The molecule has 0 atom stereocenters. The van der Waals surface area contributed by atoms with Crippen molar-refractivity contribution in [2.24, 2.45) is 5.16 Å². The van der Waals surface area contributed by atoms with Gasteiger partial charge < -0.3 is 24.2 Å². The number of nitriles is 1. The van der Waals surface area contributed by atoms with Crippen molar-refractivity contribution in [3.63, 3.8) is 0 Å². The van der Waals surface area contributed by atoms with E-state index in [-0.39, 0.29) is 6.04 Å². The van der Waals surface area contributed by atoms with Gasteiger partial charge in [-0.1, -0.05) is 18.0 Å². The number of amides is 1. The maximum Gasteiger partial charge on any atom is 0.347 e. The summed E-state index contributed by atoms with van der Waals surface area (Å²) >= 11 is 0. The topological polar surface area (TPSA) is 115 Å². The van der Waals surface area contributed by atoms with Gasteiger partial charge >= 0.3 is 5.97 Å². The lowest BCUT2D eigenvalue weighted by Gasteiger charge is -2.19. The number of aromatic nitrogens is 1. The predicted molar refractivity (Wildman–Crippen MR) is 122 cm³/mol. The van der Waals surface area contributed by atoms with E-state index in [9.17, 15) is 14.9 Å². The van der Waals surface area contributed by atoms with Gasteiger partial charge in [0.2, 0.25) is 6.61 Å². The number of hydrogen-bond donors (Lipinski definition) is 1. The average Bonchev–Trinajstić information content (AvgIpc) is 3.42. The van der Waals surface area contributed by atoms with E-state index in [2.05, 4.69) is 16.5 Å². The fourth-order valence-electron chi connectivity index (χ4n) is 3.94. The van der Waals surface area contributed by atoms with Crippen LogP contribution in [0.5, 0.6) is 5.75 Å². The van der Waals surface area contributed by atoms with Gasteiger partial charge in [-0.3, -0.25) is 4.79 Å². The highest BCUT2D eigenvalue weighted by Gasteiger charge is 2.26. The molecule has 0 spiro atoms. The summed E-state index contributed by atoms with van der Waals surface area (Å²) in [6.07, 6.45) is 5.70. The molecule has 1 fully saturated rings.